The SMILES string of the molecule is [CH]OCCCCO. The highest BCUT2D eigenvalue weighted by molar-refractivity contribution is 4.33. The molecule has 0 amide bonds. The molecule has 0 aromatic heterocycles. The molecule has 0 aliphatic carbocycles. The number of hydrogen-bond donors (Lipinski definition) is 1. The molecule has 0 atom stereocenters. The zero-order valence-electron chi connectivity index (χ0n) is 4.26. The van der Waals surface area contributed by atoms with E-state index in [2.05, 4.69) is 11.8 Å². The molecule has 2 radical (unpaired) electrons. The summed E-state index contributed by atoms with van der Waals surface area (Å²) in [5.74, 6) is 0. The van der Waals surface area contributed by atoms with Gasteiger partial charge in [0.25, 0.3) is 0 Å². The summed E-state index contributed by atoms with van der Waals surface area (Å²) in [5.41, 5.74) is 0. The highest BCUT2D eigenvalue weighted by atomic mass is 16.5. The van der Waals surface area contributed by atoms with Gasteiger partial charge in [-0.1, -0.05) is 0 Å². The van der Waals surface area contributed by atoms with E-state index < -0.39 is 0 Å². The summed E-state index contributed by atoms with van der Waals surface area (Å²) >= 11 is 0. The third-order valence-electron chi connectivity index (χ3n) is 0.670. The lowest BCUT2D eigenvalue weighted by Gasteiger charge is -1.91. The van der Waals surface area contributed by atoms with Gasteiger partial charge in [0.2, 0.25) is 0 Å². The van der Waals surface area contributed by atoms with Crippen molar-refractivity contribution in [1.29, 1.82) is 0 Å². The first-order chi connectivity index (χ1) is 3.41. The smallest absolute Gasteiger partial charge is 0.115 e. The predicted octanol–water partition coefficient (Wildman–Crippen LogP) is 0.444. The average molecular weight is 102 g/mol. The van der Waals surface area contributed by atoms with Crippen molar-refractivity contribution in [2.75, 3.05) is 13.2 Å². The van der Waals surface area contributed by atoms with Gasteiger partial charge in [-0.25, -0.2) is 0 Å². The molecular formula is C5H10O2. The standard InChI is InChI=1S/C5H10O2/c1-7-5-3-2-4-6/h1,6H,2-5H2. The molecule has 1 N–H and O–H groups in total. The van der Waals surface area contributed by atoms with Crippen LogP contribution in [0, 0.1) is 7.11 Å². The average Bonchev–Trinajstić information content (AvgIpc) is 1.69. The number of unbranched alkanes of at least 4 members (excludes halogenated alkanes) is 1. The van der Waals surface area contributed by atoms with E-state index >= 15 is 0 Å². The second-order valence-electron chi connectivity index (χ2n) is 1.30. The second kappa shape index (κ2) is 5.92. The Labute approximate surface area is 44.1 Å². The third kappa shape index (κ3) is 5.92. The molecular weight excluding hydrogens is 92.1 g/mol. The van der Waals surface area contributed by atoms with Crippen molar-refractivity contribution < 1.29 is 9.84 Å². The minimum atomic E-state index is 0.226. The number of aliphatic hydroxyl groups excluding tert-OH is 1. The van der Waals surface area contributed by atoms with Gasteiger partial charge in [-0.2, -0.15) is 0 Å². The van der Waals surface area contributed by atoms with Crippen molar-refractivity contribution in [3.63, 3.8) is 0 Å². The molecule has 0 fully saturated rings. The van der Waals surface area contributed by atoms with Gasteiger partial charge in [-0.3, -0.25) is 0 Å². The Morgan fingerprint density at radius 3 is 2.57 bits per heavy atom. The van der Waals surface area contributed by atoms with Crippen LogP contribution in [0.5, 0.6) is 0 Å². The van der Waals surface area contributed by atoms with E-state index in [4.69, 9.17) is 5.11 Å². The summed E-state index contributed by atoms with van der Waals surface area (Å²) in [7, 11) is 4.69. The van der Waals surface area contributed by atoms with E-state index in [1.807, 2.05) is 0 Å². The minimum Gasteiger partial charge on any atom is -0.396 e. The summed E-state index contributed by atoms with van der Waals surface area (Å²) in [6.07, 6.45) is 1.62. The van der Waals surface area contributed by atoms with E-state index in [9.17, 15) is 0 Å². The summed E-state index contributed by atoms with van der Waals surface area (Å²) in [5, 5.41) is 8.20. The Kier molecular flexibility index (Phi) is 5.85. The van der Waals surface area contributed by atoms with Crippen LogP contribution < -0.4 is 0 Å². The van der Waals surface area contributed by atoms with Gasteiger partial charge in [0.1, 0.15) is 7.11 Å². The maximum absolute atomic E-state index is 8.20. The molecule has 0 bridgehead atoms. The molecule has 0 rings (SSSR count). The van der Waals surface area contributed by atoms with Gasteiger partial charge < -0.3 is 9.84 Å². The summed E-state index contributed by atoms with van der Waals surface area (Å²) in [4.78, 5) is 0. The van der Waals surface area contributed by atoms with Crippen LogP contribution in [0.25, 0.3) is 0 Å². The lowest BCUT2D eigenvalue weighted by molar-refractivity contribution is 0.214. The van der Waals surface area contributed by atoms with Gasteiger partial charge in [-0.05, 0) is 12.8 Å². The van der Waals surface area contributed by atoms with Crippen molar-refractivity contribution in [2.45, 2.75) is 12.8 Å². The third-order valence-corrected chi connectivity index (χ3v) is 0.670. The normalized spacial score (nSPS) is 9.43. The van der Waals surface area contributed by atoms with Gasteiger partial charge >= 0.3 is 0 Å². The lowest BCUT2D eigenvalue weighted by atomic mass is 10.3. The molecule has 0 saturated heterocycles. The summed E-state index contributed by atoms with van der Waals surface area (Å²) < 4.78 is 4.23. The molecule has 0 heterocycles. The fraction of sp³-hybridized carbons (Fsp3) is 0.800. The summed E-state index contributed by atoms with van der Waals surface area (Å²) in [6.45, 7) is 0.768. The number of rotatable bonds is 4. The molecule has 0 saturated carbocycles. The van der Waals surface area contributed by atoms with E-state index in [1.165, 1.54) is 0 Å². The van der Waals surface area contributed by atoms with Crippen molar-refractivity contribution in [3.05, 3.63) is 7.11 Å². The highest BCUT2D eigenvalue weighted by Crippen LogP contribution is 1.85. The molecule has 0 spiro atoms. The predicted molar refractivity (Wildman–Crippen MR) is 26.6 cm³/mol. The minimum absolute atomic E-state index is 0.226. The zero-order chi connectivity index (χ0) is 5.54. The molecule has 0 aromatic rings. The largest absolute Gasteiger partial charge is 0.396 e. The Hall–Kier alpha value is -0.0800. The van der Waals surface area contributed by atoms with E-state index in [-0.39, 0.29) is 6.61 Å². The van der Waals surface area contributed by atoms with E-state index in [1.54, 1.807) is 0 Å². The van der Waals surface area contributed by atoms with Gasteiger partial charge in [0.05, 0.1) is 0 Å². The topological polar surface area (TPSA) is 29.5 Å². The lowest BCUT2D eigenvalue weighted by Crippen LogP contribution is -1.88. The monoisotopic (exact) mass is 102 g/mol. The number of ether oxygens (including phenoxy) is 1. The Balaban J connectivity index is 2.45. The summed E-state index contributed by atoms with van der Waals surface area (Å²) in [6, 6.07) is 0. The molecule has 7 heavy (non-hydrogen) atoms. The molecule has 2 heteroatoms. The zero-order valence-corrected chi connectivity index (χ0v) is 4.26. The molecule has 0 aliphatic heterocycles. The molecule has 0 aliphatic rings. The van der Waals surface area contributed by atoms with Crippen LogP contribution in [0.15, 0.2) is 0 Å². The van der Waals surface area contributed by atoms with Crippen LogP contribution in [0.1, 0.15) is 12.8 Å². The number of hydrogen-bond acceptors (Lipinski definition) is 2. The fourth-order valence-corrected chi connectivity index (χ4v) is 0.297. The maximum Gasteiger partial charge on any atom is 0.115 e. The van der Waals surface area contributed by atoms with Crippen molar-refractivity contribution in [1.82, 2.24) is 0 Å². The highest BCUT2D eigenvalue weighted by Gasteiger charge is 1.81. The van der Waals surface area contributed by atoms with E-state index in [0.717, 1.165) is 12.8 Å². The van der Waals surface area contributed by atoms with Crippen LogP contribution in [-0.4, -0.2) is 18.3 Å². The number of aliphatic hydroxyl groups is 1. The fourth-order valence-electron chi connectivity index (χ4n) is 0.297. The first-order valence-electron chi connectivity index (χ1n) is 2.34. The second-order valence-corrected chi connectivity index (χ2v) is 1.30. The Morgan fingerprint density at radius 1 is 1.43 bits per heavy atom. The molecule has 0 aromatic carbocycles. The van der Waals surface area contributed by atoms with Crippen LogP contribution in [0.4, 0.5) is 0 Å². The quantitative estimate of drug-likeness (QED) is 0.522. The van der Waals surface area contributed by atoms with Gasteiger partial charge in [0, 0.05) is 13.2 Å². The molecule has 0 unspecified atom stereocenters. The first kappa shape index (κ1) is 6.92. The first-order valence-corrected chi connectivity index (χ1v) is 2.34. The van der Waals surface area contributed by atoms with Crippen LogP contribution in [0.2, 0.25) is 0 Å². The maximum atomic E-state index is 8.20. The van der Waals surface area contributed by atoms with E-state index in [0.29, 0.717) is 6.61 Å². The van der Waals surface area contributed by atoms with Gasteiger partial charge in [0.15, 0.2) is 0 Å². The van der Waals surface area contributed by atoms with Gasteiger partial charge in [-0.15, -0.1) is 0 Å². The van der Waals surface area contributed by atoms with Crippen molar-refractivity contribution in [2.24, 2.45) is 0 Å². The molecule has 2 nitrogen and oxygen atoms in total. The van der Waals surface area contributed by atoms with Crippen LogP contribution in [0.3, 0.4) is 0 Å². The molecule has 42 valence electrons. The van der Waals surface area contributed by atoms with Crippen LogP contribution >= 0.6 is 0 Å². The van der Waals surface area contributed by atoms with Crippen LogP contribution in [-0.2, 0) is 4.74 Å². The van der Waals surface area contributed by atoms with Crippen molar-refractivity contribution in [3.8, 4) is 0 Å². The Morgan fingerprint density at radius 2 is 2.14 bits per heavy atom. The Bertz CT molecular complexity index is 25.3. The van der Waals surface area contributed by atoms with Crippen molar-refractivity contribution >= 4 is 0 Å².